The standard InChI is InChI=1S/C12H16ClFO/c1-12(2,3)11(13)9-6-5-8(14)7-10(9)15-4/h5-7,11H,1-4H3. The van der Waals surface area contributed by atoms with Crippen molar-refractivity contribution in [2.75, 3.05) is 7.11 Å². The summed E-state index contributed by atoms with van der Waals surface area (Å²) in [6.45, 7) is 6.11. The van der Waals surface area contributed by atoms with Crippen LogP contribution in [0.15, 0.2) is 18.2 Å². The molecule has 1 unspecified atom stereocenters. The van der Waals surface area contributed by atoms with Crippen molar-refractivity contribution in [1.29, 1.82) is 0 Å². The third kappa shape index (κ3) is 2.85. The first-order valence-corrected chi connectivity index (χ1v) is 5.27. The van der Waals surface area contributed by atoms with Crippen LogP contribution in [0.25, 0.3) is 0 Å². The Bertz CT molecular complexity index is 344. The first-order chi connectivity index (χ1) is 6.86. The molecule has 1 nitrogen and oxygen atoms in total. The maximum atomic E-state index is 13.0. The van der Waals surface area contributed by atoms with Gasteiger partial charge in [-0.3, -0.25) is 0 Å². The molecule has 1 rings (SSSR count). The largest absolute Gasteiger partial charge is 0.496 e. The first kappa shape index (κ1) is 12.3. The SMILES string of the molecule is COc1cc(F)ccc1C(Cl)C(C)(C)C. The number of rotatable bonds is 2. The molecule has 0 fully saturated rings. The Morgan fingerprint density at radius 1 is 1.33 bits per heavy atom. The lowest BCUT2D eigenvalue weighted by Crippen LogP contribution is -2.14. The van der Waals surface area contributed by atoms with Crippen LogP contribution >= 0.6 is 11.6 Å². The Morgan fingerprint density at radius 3 is 2.40 bits per heavy atom. The fraction of sp³-hybridized carbons (Fsp3) is 0.500. The normalized spacial score (nSPS) is 13.7. The summed E-state index contributed by atoms with van der Waals surface area (Å²) in [5, 5.41) is -0.201. The van der Waals surface area contributed by atoms with E-state index in [0.717, 1.165) is 5.56 Å². The Balaban J connectivity index is 3.14. The summed E-state index contributed by atoms with van der Waals surface area (Å²) in [6.07, 6.45) is 0. The van der Waals surface area contributed by atoms with E-state index in [9.17, 15) is 4.39 Å². The van der Waals surface area contributed by atoms with E-state index < -0.39 is 0 Å². The van der Waals surface area contributed by atoms with Crippen LogP contribution in [0.4, 0.5) is 4.39 Å². The molecule has 15 heavy (non-hydrogen) atoms. The van der Waals surface area contributed by atoms with Crippen LogP contribution in [-0.2, 0) is 0 Å². The molecule has 1 aromatic carbocycles. The molecular weight excluding hydrogens is 215 g/mol. The second-order valence-corrected chi connectivity index (χ2v) is 5.05. The number of benzene rings is 1. The molecule has 1 atom stereocenters. The van der Waals surface area contributed by atoms with Crippen LogP contribution in [0.5, 0.6) is 5.75 Å². The van der Waals surface area contributed by atoms with E-state index in [1.54, 1.807) is 6.07 Å². The van der Waals surface area contributed by atoms with Gasteiger partial charge in [-0.2, -0.15) is 0 Å². The third-order valence-corrected chi connectivity index (χ3v) is 3.12. The second-order valence-electron chi connectivity index (χ2n) is 4.61. The molecule has 0 radical (unpaired) electrons. The van der Waals surface area contributed by atoms with E-state index in [1.165, 1.54) is 19.2 Å². The van der Waals surface area contributed by atoms with Crippen molar-refractivity contribution in [3.05, 3.63) is 29.6 Å². The summed E-state index contributed by atoms with van der Waals surface area (Å²) >= 11 is 6.32. The van der Waals surface area contributed by atoms with Crippen molar-refractivity contribution < 1.29 is 9.13 Å². The van der Waals surface area contributed by atoms with Gasteiger partial charge in [0.25, 0.3) is 0 Å². The Hall–Kier alpha value is -0.760. The zero-order valence-electron chi connectivity index (χ0n) is 9.47. The number of halogens is 2. The fourth-order valence-corrected chi connectivity index (χ4v) is 1.54. The highest BCUT2D eigenvalue weighted by Crippen LogP contribution is 2.42. The monoisotopic (exact) mass is 230 g/mol. The maximum absolute atomic E-state index is 13.0. The van der Waals surface area contributed by atoms with Crippen LogP contribution in [-0.4, -0.2) is 7.11 Å². The Kier molecular flexibility index (Phi) is 3.61. The minimum Gasteiger partial charge on any atom is -0.496 e. The molecule has 0 bridgehead atoms. The van der Waals surface area contributed by atoms with Crippen LogP contribution < -0.4 is 4.74 Å². The molecule has 3 heteroatoms. The van der Waals surface area contributed by atoms with Gasteiger partial charge in [0.1, 0.15) is 11.6 Å². The predicted octanol–water partition coefficient (Wildman–Crippen LogP) is 4.16. The lowest BCUT2D eigenvalue weighted by Gasteiger charge is -2.26. The van der Waals surface area contributed by atoms with E-state index in [0.29, 0.717) is 5.75 Å². The van der Waals surface area contributed by atoms with Crippen molar-refractivity contribution in [3.8, 4) is 5.75 Å². The fourth-order valence-electron chi connectivity index (χ4n) is 1.36. The quantitative estimate of drug-likeness (QED) is 0.694. The van der Waals surface area contributed by atoms with E-state index in [2.05, 4.69) is 0 Å². The summed E-state index contributed by atoms with van der Waals surface area (Å²) < 4.78 is 18.1. The summed E-state index contributed by atoms with van der Waals surface area (Å²) in [7, 11) is 1.52. The van der Waals surface area contributed by atoms with Gasteiger partial charge in [0.2, 0.25) is 0 Å². The van der Waals surface area contributed by atoms with E-state index in [-0.39, 0.29) is 16.6 Å². The molecule has 84 valence electrons. The smallest absolute Gasteiger partial charge is 0.126 e. The molecule has 0 aliphatic carbocycles. The third-order valence-electron chi connectivity index (χ3n) is 2.23. The molecule has 0 saturated carbocycles. The maximum Gasteiger partial charge on any atom is 0.126 e. The second kappa shape index (κ2) is 4.40. The number of hydrogen-bond donors (Lipinski definition) is 0. The highest BCUT2D eigenvalue weighted by molar-refractivity contribution is 6.21. The average molecular weight is 231 g/mol. The van der Waals surface area contributed by atoms with Gasteiger partial charge in [0, 0.05) is 11.6 Å². The number of ether oxygens (including phenoxy) is 1. The van der Waals surface area contributed by atoms with Crippen molar-refractivity contribution in [3.63, 3.8) is 0 Å². The highest BCUT2D eigenvalue weighted by atomic mass is 35.5. The summed E-state index contributed by atoms with van der Waals surface area (Å²) in [5.41, 5.74) is 0.736. The minimum absolute atomic E-state index is 0.0906. The van der Waals surface area contributed by atoms with Crippen molar-refractivity contribution >= 4 is 11.6 Å². The Labute approximate surface area is 95.2 Å². The van der Waals surface area contributed by atoms with Gasteiger partial charge in [0.15, 0.2) is 0 Å². The van der Waals surface area contributed by atoms with Gasteiger partial charge >= 0.3 is 0 Å². The molecule has 0 aromatic heterocycles. The van der Waals surface area contributed by atoms with Gasteiger partial charge in [-0.15, -0.1) is 11.6 Å². The summed E-state index contributed by atoms with van der Waals surface area (Å²) in [6, 6.07) is 4.44. The van der Waals surface area contributed by atoms with E-state index >= 15 is 0 Å². The Morgan fingerprint density at radius 2 is 1.93 bits per heavy atom. The minimum atomic E-state index is -0.312. The van der Waals surface area contributed by atoms with E-state index in [1.807, 2.05) is 20.8 Å². The molecule has 0 amide bonds. The molecule has 0 saturated heterocycles. The van der Waals surface area contributed by atoms with Crippen molar-refractivity contribution in [2.24, 2.45) is 5.41 Å². The predicted molar refractivity (Wildman–Crippen MR) is 61.0 cm³/mol. The van der Waals surface area contributed by atoms with Crippen LogP contribution in [0.1, 0.15) is 31.7 Å². The zero-order valence-corrected chi connectivity index (χ0v) is 10.2. The molecule has 1 aromatic rings. The van der Waals surface area contributed by atoms with Crippen LogP contribution in [0, 0.1) is 11.2 Å². The lowest BCUT2D eigenvalue weighted by molar-refractivity contribution is 0.367. The number of methoxy groups -OCH3 is 1. The van der Waals surface area contributed by atoms with Gasteiger partial charge in [-0.05, 0) is 11.5 Å². The molecule has 0 aliphatic rings. The molecule has 0 spiro atoms. The first-order valence-electron chi connectivity index (χ1n) is 4.83. The van der Waals surface area contributed by atoms with E-state index in [4.69, 9.17) is 16.3 Å². The summed E-state index contributed by atoms with van der Waals surface area (Å²) in [5.74, 6) is 0.193. The molecule has 0 aliphatic heterocycles. The van der Waals surface area contributed by atoms with Crippen LogP contribution in [0.2, 0.25) is 0 Å². The number of hydrogen-bond acceptors (Lipinski definition) is 1. The molecular formula is C12H16ClFO. The average Bonchev–Trinajstić information content (AvgIpc) is 2.15. The van der Waals surface area contributed by atoms with Gasteiger partial charge in [-0.1, -0.05) is 26.8 Å². The molecule has 0 heterocycles. The summed E-state index contributed by atoms with van der Waals surface area (Å²) in [4.78, 5) is 0. The van der Waals surface area contributed by atoms with Crippen LogP contribution in [0.3, 0.4) is 0 Å². The van der Waals surface area contributed by atoms with Gasteiger partial charge in [-0.25, -0.2) is 4.39 Å². The van der Waals surface area contributed by atoms with Gasteiger partial charge in [0.05, 0.1) is 12.5 Å². The topological polar surface area (TPSA) is 9.23 Å². The van der Waals surface area contributed by atoms with Gasteiger partial charge < -0.3 is 4.74 Å². The lowest BCUT2D eigenvalue weighted by atomic mass is 9.87. The zero-order chi connectivity index (χ0) is 11.6. The molecule has 0 N–H and O–H groups in total. The van der Waals surface area contributed by atoms with Crippen molar-refractivity contribution in [1.82, 2.24) is 0 Å². The highest BCUT2D eigenvalue weighted by Gasteiger charge is 2.26. The van der Waals surface area contributed by atoms with Crippen molar-refractivity contribution in [2.45, 2.75) is 26.1 Å². The number of alkyl halides is 1.